The molecule has 2 nitrogen and oxygen atoms in total. The molecule has 2 unspecified atom stereocenters. The van der Waals surface area contributed by atoms with Crippen LogP contribution in [0, 0.1) is 5.92 Å². The molecule has 1 fully saturated rings. The van der Waals surface area contributed by atoms with Crippen molar-refractivity contribution in [2.45, 2.75) is 64.6 Å². The van der Waals surface area contributed by atoms with Crippen molar-refractivity contribution in [3.05, 3.63) is 29.8 Å². The second kappa shape index (κ2) is 5.96. The van der Waals surface area contributed by atoms with Crippen molar-refractivity contribution in [2.75, 3.05) is 0 Å². The molecule has 0 amide bonds. The van der Waals surface area contributed by atoms with E-state index < -0.39 is 5.60 Å². The van der Waals surface area contributed by atoms with Gasteiger partial charge in [-0.3, -0.25) is 0 Å². The molecule has 1 aromatic rings. The first-order valence-corrected chi connectivity index (χ1v) is 7.56. The van der Waals surface area contributed by atoms with E-state index in [0.29, 0.717) is 5.92 Å². The van der Waals surface area contributed by atoms with Gasteiger partial charge in [0.1, 0.15) is 5.75 Å². The minimum Gasteiger partial charge on any atom is -0.491 e. The highest BCUT2D eigenvalue weighted by atomic mass is 16.5. The second-order valence-corrected chi connectivity index (χ2v) is 5.97. The van der Waals surface area contributed by atoms with Crippen molar-refractivity contribution >= 4 is 0 Å². The number of hydrogen-bond acceptors (Lipinski definition) is 2. The van der Waals surface area contributed by atoms with Crippen LogP contribution in [0.2, 0.25) is 0 Å². The topological polar surface area (TPSA) is 29.5 Å². The van der Waals surface area contributed by atoms with Gasteiger partial charge >= 0.3 is 0 Å². The first kappa shape index (κ1) is 14.4. The number of rotatable bonds is 4. The van der Waals surface area contributed by atoms with E-state index >= 15 is 0 Å². The molecule has 1 aliphatic carbocycles. The molecule has 2 heteroatoms. The molecular weight excluding hydrogens is 236 g/mol. The molecule has 1 aromatic carbocycles. The van der Waals surface area contributed by atoms with Crippen LogP contribution in [0.1, 0.15) is 58.4 Å². The molecule has 0 radical (unpaired) electrons. The molecule has 1 aliphatic rings. The number of ether oxygens (including phenoxy) is 1. The van der Waals surface area contributed by atoms with Gasteiger partial charge < -0.3 is 9.84 Å². The molecule has 106 valence electrons. The molecule has 0 saturated heterocycles. The van der Waals surface area contributed by atoms with Crippen molar-refractivity contribution in [2.24, 2.45) is 5.92 Å². The Morgan fingerprint density at radius 2 is 1.95 bits per heavy atom. The Balaban J connectivity index is 2.19. The minimum absolute atomic E-state index is 0.187. The summed E-state index contributed by atoms with van der Waals surface area (Å²) in [6.45, 7) is 6.22. The Morgan fingerprint density at radius 3 is 2.53 bits per heavy atom. The molecule has 0 spiro atoms. The maximum Gasteiger partial charge on any atom is 0.119 e. The summed E-state index contributed by atoms with van der Waals surface area (Å²) in [6, 6.07) is 8.03. The van der Waals surface area contributed by atoms with Gasteiger partial charge in [0.2, 0.25) is 0 Å². The smallest absolute Gasteiger partial charge is 0.119 e. The Kier molecular flexibility index (Phi) is 4.51. The summed E-state index contributed by atoms with van der Waals surface area (Å²) >= 11 is 0. The fraction of sp³-hybridized carbons (Fsp3) is 0.647. The van der Waals surface area contributed by atoms with Gasteiger partial charge in [0.25, 0.3) is 0 Å². The van der Waals surface area contributed by atoms with Gasteiger partial charge in [0, 0.05) is 0 Å². The molecule has 0 aromatic heterocycles. The average molecular weight is 262 g/mol. The van der Waals surface area contributed by atoms with Gasteiger partial charge in [-0.05, 0) is 50.3 Å². The highest BCUT2D eigenvalue weighted by Crippen LogP contribution is 2.43. The largest absolute Gasteiger partial charge is 0.491 e. The Labute approximate surface area is 116 Å². The normalized spacial score (nSPS) is 27.5. The fourth-order valence-electron chi connectivity index (χ4n) is 3.24. The lowest BCUT2D eigenvalue weighted by Gasteiger charge is -2.40. The van der Waals surface area contributed by atoms with Crippen LogP contribution < -0.4 is 4.74 Å². The summed E-state index contributed by atoms with van der Waals surface area (Å²) in [5.41, 5.74) is 0.416. The molecule has 1 saturated carbocycles. The summed E-state index contributed by atoms with van der Waals surface area (Å²) in [4.78, 5) is 0. The van der Waals surface area contributed by atoms with E-state index in [-0.39, 0.29) is 6.10 Å². The molecular formula is C17H26O2. The molecule has 0 heterocycles. The van der Waals surface area contributed by atoms with Gasteiger partial charge in [-0.2, -0.15) is 0 Å². The van der Waals surface area contributed by atoms with Gasteiger partial charge in [0.15, 0.2) is 0 Å². The van der Waals surface area contributed by atoms with Crippen LogP contribution >= 0.6 is 0 Å². The third kappa shape index (κ3) is 3.11. The van der Waals surface area contributed by atoms with E-state index in [1.165, 1.54) is 6.42 Å². The van der Waals surface area contributed by atoms with E-state index in [1.54, 1.807) is 0 Å². The van der Waals surface area contributed by atoms with Crippen LogP contribution in [-0.2, 0) is 5.60 Å². The predicted octanol–water partition coefficient (Wildman–Crippen LogP) is 4.26. The van der Waals surface area contributed by atoms with Crippen molar-refractivity contribution in [3.8, 4) is 5.75 Å². The lowest BCUT2D eigenvalue weighted by Crippen LogP contribution is -2.37. The first-order chi connectivity index (χ1) is 9.06. The van der Waals surface area contributed by atoms with Gasteiger partial charge in [0.05, 0.1) is 11.7 Å². The van der Waals surface area contributed by atoms with Crippen LogP contribution in [0.4, 0.5) is 0 Å². The third-order valence-electron chi connectivity index (χ3n) is 4.25. The average Bonchev–Trinajstić information content (AvgIpc) is 2.39. The summed E-state index contributed by atoms with van der Waals surface area (Å²) in [6.07, 6.45) is 5.62. The molecule has 0 aliphatic heterocycles. The standard InChI is InChI=1S/C17H26O2/c1-4-14-7-5-6-12-17(14,18)15-8-10-16(11-9-15)19-13(2)3/h8-11,13-14,18H,4-7,12H2,1-3H3. The zero-order chi connectivity index (χ0) is 13.9. The van der Waals surface area contributed by atoms with Gasteiger partial charge in [-0.25, -0.2) is 0 Å². The van der Waals surface area contributed by atoms with Crippen LogP contribution in [-0.4, -0.2) is 11.2 Å². The maximum absolute atomic E-state index is 11.0. The first-order valence-electron chi connectivity index (χ1n) is 7.56. The highest BCUT2D eigenvalue weighted by Gasteiger charge is 2.39. The number of benzene rings is 1. The highest BCUT2D eigenvalue weighted by molar-refractivity contribution is 5.31. The van der Waals surface area contributed by atoms with Crippen molar-refractivity contribution < 1.29 is 9.84 Å². The zero-order valence-electron chi connectivity index (χ0n) is 12.4. The maximum atomic E-state index is 11.0. The van der Waals surface area contributed by atoms with Crippen LogP contribution in [0.25, 0.3) is 0 Å². The number of aliphatic hydroxyl groups is 1. The lowest BCUT2D eigenvalue weighted by molar-refractivity contribution is -0.0557. The van der Waals surface area contributed by atoms with Crippen LogP contribution in [0.15, 0.2) is 24.3 Å². The van der Waals surface area contributed by atoms with Crippen LogP contribution in [0.5, 0.6) is 5.75 Å². The molecule has 0 bridgehead atoms. The Bertz CT molecular complexity index is 396. The van der Waals surface area contributed by atoms with E-state index in [2.05, 4.69) is 6.92 Å². The SMILES string of the molecule is CCC1CCCCC1(O)c1ccc(OC(C)C)cc1. The van der Waals surface area contributed by atoms with Crippen molar-refractivity contribution in [3.63, 3.8) is 0 Å². The fourth-order valence-corrected chi connectivity index (χ4v) is 3.24. The lowest BCUT2D eigenvalue weighted by atomic mass is 9.70. The van der Waals surface area contributed by atoms with E-state index in [9.17, 15) is 5.11 Å². The van der Waals surface area contributed by atoms with E-state index in [0.717, 1.165) is 37.0 Å². The monoisotopic (exact) mass is 262 g/mol. The van der Waals surface area contributed by atoms with E-state index in [1.807, 2.05) is 38.1 Å². The quantitative estimate of drug-likeness (QED) is 0.878. The number of hydrogen-bond donors (Lipinski definition) is 1. The molecule has 2 rings (SSSR count). The van der Waals surface area contributed by atoms with Crippen LogP contribution in [0.3, 0.4) is 0 Å². The molecule has 1 N–H and O–H groups in total. The van der Waals surface area contributed by atoms with Gasteiger partial charge in [-0.1, -0.05) is 38.3 Å². The van der Waals surface area contributed by atoms with Crippen molar-refractivity contribution in [1.29, 1.82) is 0 Å². The van der Waals surface area contributed by atoms with E-state index in [4.69, 9.17) is 4.74 Å². The predicted molar refractivity (Wildman–Crippen MR) is 78.4 cm³/mol. The zero-order valence-corrected chi connectivity index (χ0v) is 12.4. The minimum atomic E-state index is -0.636. The Hall–Kier alpha value is -1.02. The second-order valence-electron chi connectivity index (χ2n) is 5.97. The molecule has 19 heavy (non-hydrogen) atoms. The summed E-state index contributed by atoms with van der Waals surface area (Å²) in [5, 5.41) is 11.0. The Morgan fingerprint density at radius 1 is 1.26 bits per heavy atom. The molecule has 2 atom stereocenters. The summed E-state index contributed by atoms with van der Waals surface area (Å²) in [5.74, 6) is 1.27. The van der Waals surface area contributed by atoms with Crippen molar-refractivity contribution in [1.82, 2.24) is 0 Å². The summed E-state index contributed by atoms with van der Waals surface area (Å²) < 4.78 is 5.66. The summed E-state index contributed by atoms with van der Waals surface area (Å²) in [7, 11) is 0. The van der Waals surface area contributed by atoms with Gasteiger partial charge in [-0.15, -0.1) is 0 Å². The third-order valence-corrected chi connectivity index (χ3v) is 4.25.